The number of methoxy groups -OCH3 is 1. The van der Waals surface area contributed by atoms with Crippen LogP contribution in [0.3, 0.4) is 0 Å². The van der Waals surface area contributed by atoms with Crippen LogP contribution in [0.5, 0.6) is 0 Å². The van der Waals surface area contributed by atoms with Crippen molar-refractivity contribution in [3.8, 4) is 0 Å². The van der Waals surface area contributed by atoms with Crippen molar-refractivity contribution in [2.75, 3.05) is 7.11 Å². The highest BCUT2D eigenvalue weighted by Crippen LogP contribution is 2.35. The quantitative estimate of drug-likeness (QED) is 0.437. The van der Waals surface area contributed by atoms with Gasteiger partial charge in [-0.3, -0.25) is 0 Å². The Kier molecular flexibility index (Phi) is 6.74. The SMILES string of the molecule is C=C(C)/C(OC)=C(/c1cc(C)cc(C)c1)C(CC)CCC. The van der Waals surface area contributed by atoms with Gasteiger partial charge < -0.3 is 4.74 Å². The van der Waals surface area contributed by atoms with E-state index in [4.69, 9.17) is 4.74 Å². The number of aryl methyl sites for hydroxylation is 2. The van der Waals surface area contributed by atoms with Crippen molar-refractivity contribution in [2.24, 2.45) is 5.92 Å². The number of hydrogen-bond donors (Lipinski definition) is 0. The molecule has 0 N–H and O–H groups in total. The van der Waals surface area contributed by atoms with E-state index in [1.54, 1.807) is 7.11 Å². The molecule has 0 aliphatic carbocycles. The van der Waals surface area contributed by atoms with Crippen LogP contribution in [0.15, 0.2) is 36.1 Å². The average molecular weight is 286 g/mol. The van der Waals surface area contributed by atoms with Crippen LogP contribution in [0.1, 0.15) is 56.7 Å². The molecule has 0 saturated carbocycles. The van der Waals surface area contributed by atoms with Crippen LogP contribution < -0.4 is 0 Å². The lowest BCUT2D eigenvalue weighted by Crippen LogP contribution is -2.08. The zero-order valence-corrected chi connectivity index (χ0v) is 14.5. The molecule has 1 rings (SSSR count). The Morgan fingerprint density at radius 3 is 2.10 bits per heavy atom. The van der Waals surface area contributed by atoms with E-state index in [9.17, 15) is 0 Å². The maximum absolute atomic E-state index is 5.72. The third-order valence-corrected chi connectivity index (χ3v) is 3.91. The van der Waals surface area contributed by atoms with E-state index >= 15 is 0 Å². The molecule has 0 bridgehead atoms. The van der Waals surface area contributed by atoms with Gasteiger partial charge in [-0.2, -0.15) is 0 Å². The molecular weight excluding hydrogens is 256 g/mol. The van der Waals surface area contributed by atoms with Gasteiger partial charge in [-0.1, -0.05) is 56.2 Å². The third kappa shape index (κ3) is 4.49. The molecule has 0 fully saturated rings. The fourth-order valence-electron chi connectivity index (χ4n) is 3.10. The minimum absolute atomic E-state index is 0.517. The van der Waals surface area contributed by atoms with Crippen molar-refractivity contribution < 1.29 is 4.74 Å². The molecule has 1 nitrogen and oxygen atoms in total. The molecule has 0 amide bonds. The molecule has 0 radical (unpaired) electrons. The molecular formula is C20H30O. The van der Waals surface area contributed by atoms with Crippen molar-refractivity contribution in [1.82, 2.24) is 0 Å². The highest BCUT2D eigenvalue weighted by atomic mass is 16.5. The second-order valence-corrected chi connectivity index (χ2v) is 6.00. The van der Waals surface area contributed by atoms with E-state index in [1.807, 2.05) is 6.92 Å². The van der Waals surface area contributed by atoms with Crippen LogP contribution in [0, 0.1) is 19.8 Å². The molecule has 21 heavy (non-hydrogen) atoms. The minimum atomic E-state index is 0.517. The Morgan fingerprint density at radius 2 is 1.71 bits per heavy atom. The molecule has 0 heterocycles. The molecule has 0 aliphatic heterocycles. The predicted molar refractivity (Wildman–Crippen MR) is 93.3 cm³/mol. The first-order valence-corrected chi connectivity index (χ1v) is 7.97. The third-order valence-electron chi connectivity index (χ3n) is 3.91. The Labute approximate surface area is 130 Å². The summed E-state index contributed by atoms with van der Waals surface area (Å²) in [5, 5.41) is 0. The first-order chi connectivity index (χ1) is 9.94. The van der Waals surface area contributed by atoms with Gasteiger partial charge in [0.2, 0.25) is 0 Å². The lowest BCUT2D eigenvalue weighted by Gasteiger charge is -2.23. The topological polar surface area (TPSA) is 9.23 Å². The van der Waals surface area contributed by atoms with Crippen molar-refractivity contribution in [2.45, 2.75) is 53.9 Å². The monoisotopic (exact) mass is 286 g/mol. The van der Waals surface area contributed by atoms with Gasteiger partial charge in [0.25, 0.3) is 0 Å². The summed E-state index contributed by atoms with van der Waals surface area (Å²) in [5.41, 5.74) is 6.20. The van der Waals surface area contributed by atoms with Gasteiger partial charge >= 0.3 is 0 Å². The van der Waals surface area contributed by atoms with Crippen molar-refractivity contribution in [3.63, 3.8) is 0 Å². The maximum atomic E-state index is 5.72. The molecule has 1 atom stereocenters. The van der Waals surface area contributed by atoms with Gasteiger partial charge in [0, 0.05) is 5.57 Å². The van der Waals surface area contributed by atoms with Crippen molar-refractivity contribution in [3.05, 3.63) is 52.8 Å². The zero-order valence-electron chi connectivity index (χ0n) is 14.5. The molecule has 0 saturated heterocycles. The van der Waals surface area contributed by atoms with Gasteiger partial charge in [-0.05, 0) is 50.7 Å². The highest BCUT2D eigenvalue weighted by Gasteiger charge is 2.20. The van der Waals surface area contributed by atoms with E-state index in [0.717, 1.165) is 17.8 Å². The Hall–Kier alpha value is -1.50. The largest absolute Gasteiger partial charge is 0.496 e. The molecule has 1 heteroatoms. The van der Waals surface area contributed by atoms with Gasteiger partial charge in [0.05, 0.1) is 7.11 Å². The predicted octanol–water partition coefficient (Wildman–Crippen LogP) is 6.06. The normalized spacial score (nSPS) is 13.6. The standard InChI is InChI=1S/C20H30O/c1-8-10-17(9-2)19(20(21-7)14(3)4)18-12-15(5)11-16(6)13-18/h11-13,17H,3,8-10H2,1-2,4-7H3/b20-19-. The summed E-state index contributed by atoms with van der Waals surface area (Å²) in [7, 11) is 1.76. The first-order valence-electron chi connectivity index (χ1n) is 7.97. The number of rotatable bonds is 7. The number of ether oxygens (including phenoxy) is 1. The molecule has 1 unspecified atom stereocenters. The lowest BCUT2D eigenvalue weighted by molar-refractivity contribution is 0.299. The van der Waals surface area contributed by atoms with Crippen LogP contribution in [0.2, 0.25) is 0 Å². The second-order valence-electron chi connectivity index (χ2n) is 6.00. The fourth-order valence-corrected chi connectivity index (χ4v) is 3.10. The molecule has 0 aliphatic rings. The van der Waals surface area contributed by atoms with E-state index < -0.39 is 0 Å². The van der Waals surface area contributed by atoms with Crippen LogP contribution in [-0.4, -0.2) is 7.11 Å². The lowest BCUT2D eigenvalue weighted by atomic mass is 9.84. The van der Waals surface area contributed by atoms with Gasteiger partial charge in [-0.15, -0.1) is 0 Å². The Bertz CT molecular complexity index is 502. The number of allylic oxidation sites excluding steroid dienone is 2. The molecule has 1 aromatic rings. The minimum Gasteiger partial charge on any atom is -0.496 e. The van der Waals surface area contributed by atoms with E-state index in [2.05, 4.69) is 52.5 Å². The summed E-state index contributed by atoms with van der Waals surface area (Å²) in [6.45, 7) is 15.0. The summed E-state index contributed by atoms with van der Waals surface area (Å²) in [6.07, 6.45) is 3.48. The summed E-state index contributed by atoms with van der Waals surface area (Å²) < 4.78 is 5.72. The van der Waals surface area contributed by atoms with Crippen LogP contribution in [-0.2, 0) is 4.74 Å². The van der Waals surface area contributed by atoms with Crippen molar-refractivity contribution >= 4 is 5.57 Å². The van der Waals surface area contributed by atoms with E-state index in [0.29, 0.717) is 5.92 Å². The zero-order chi connectivity index (χ0) is 16.0. The summed E-state index contributed by atoms with van der Waals surface area (Å²) in [5.74, 6) is 1.48. The number of benzene rings is 1. The Balaban J connectivity index is 3.53. The summed E-state index contributed by atoms with van der Waals surface area (Å²) in [6, 6.07) is 6.75. The molecule has 0 spiro atoms. The van der Waals surface area contributed by atoms with Gasteiger partial charge in [0.15, 0.2) is 0 Å². The molecule has 1 aromatic carbocycles. The first kappa shape index (κ1) is 17.6. The highest BCUT2D eigenvalue weighted by molar-refractivity contribution is 5.73. The maximum Gasteiger partial charge on any atom is 0.125 e. The summed E-state index contributed by atoms with van der Waals surface area (Å²) in [4.78, 5) is 0. The Morgan fingerprint density at radius 1 is 1.14 bits per heavy atom. The van der Waals surface area contributed by atoms with Crippen LogP contribution in [0.4, 0.5) is 0 Å². The molecule has 116 valence electrons. The van der Waals surface area contributed by atoms with E-state index in [-0.39, 0.29) is 0 Å². The molecule has 0 aromatic heterocycles. The van der Waals surface area contributed by atoms with E-state index in [1.165, 1.54) is 35.1 Å². The average Bonchev–Trinajstić information content (AvgIpc) is 2.41. The van der Waals surface area contributed by atoms with Gasteiger partial charge in [-0.25, -0.2) is 0 Å². The smallest absolute Gasteiger partial charge is 0.125 e. The van der Waals surface area contributed by atoms with Crippen molar-refractivity contribution in [1.29, 1.82) is 0 Å². The van der Waals surface area contributed by atoms with Gasteiger partial charge in [0.1, 0.15) is 5.76 Å². The van der Waals surface area contributed by atoms with Crippen LogP contribution >= 0.6 is 0 Å². The number of hydrogen-bond acceptors (Lipinski definition) is 1. The van der Waals surface area contributed by atoms with Crippen LogP contribution in [0.25, 0.3) is 5.57 Å². The second kappa shape index (κ2) is 8.07. The fraction of sp³-hybridized carbons (Fsp3) is 0.500. The summed E-state index contributed by atoms with van der Waals surface area (Å²) >= 11 is 0.